The first-order valence-electron chi connectivity index (χ1n) is 28.2. The van der Waals surface area contributed by atoms with Crippen molar-refractivity contribution in [2.45, 2.75) is 6.92 Å². The minimum atomic E-state index is 0.532. The Bertz CT molecular complexity index is 5550. The van der Waals surface area contributed by atoms with Gasteiger partial charge in [0.2, 0.25) is 5.95 Å². The predicted molar refractivity (Wildman–Crippen MR) is 351 cm³/mol. The number of pyridine rings is 1. The minimum Gasteiger partial charge on any atom is -0.311 e. The van der Waals surface area contributed by atoms with Crippen LogP contribution in [0.1, 0.15) is 11.3 Å². The van der Waals surface area contributed by atoms with Gasteiger partial charge in [-0.05, 0) is 96.9 Å². The first-order chi connectivity index (χ1) is 41.6. The average molecular weight is 1090 g/mol. The summed E-state index contributed by atoms with van der Waals surface area (Å²) in [5.74, 6) is 2.61. The molecular formula is C75H48N8S. The largest absolute Gasteiger partial charge is 0.311 e. The molecule has 0 radical (unpaired) electrons. The number of hydrogen-bond acceptors (Lipinski definition) is 5. The van der Waals surface area contributed by atoms with Gasteiger partial charge in [0.1, 0.15) is 0 Å². The second kappa shape index (κ2) is 18.8. The topological polar surface area (TPSA) is 71.3 Å². The molecule has 0 bridgehead atoms. The Labute approximate surface area is 486 Å². The zero-order valence-corrected chi connectivity index (χ0v) is 46.3. The summed E-state index contributed by atoms with van der Waals surface area (Å²) < 4.78 is 11.7. The van der Waals surface area contributed by atoms with Crippen LogP contribution in [0.3, 0.4) is 0 Å². The third-order valence-corrected chi connectivity index (χ3v) is 18.0. The summed E-state index contributed by atoms with van der Waals surface area (Å²) in [4.78, 5) is 21.4. The molecule has 0 atom stereocenters. The summed E-state index contributed by atoms with van der Waals surface area (Å²) in [7, 11) is 0. The van der Waals surface area contributed by atoms with Crippen LogP contribution < -0.4 is 0 Å². The SMILES string of the molecule is C=C/C=C\c1c(C)n(-c2ccccc2)c2c1ccc1c3ccccc3n(-c3nc(-c4ccccc4)nc(-c4cccc(-c5ccc6c(c5)c5ccccc5n6-c5nccc6c5sc5ccc(-n7c8ccccc8c8ccccc87)cc56)c4)n3)c12. The highest BCUT2D eigenvalue weighted by Gasteiger charge is 2.25. The number of fused-ring (bicyclic) bond motifs is 14. The minimum absolute atomic E-state index is 0.532. The summed E-state index contributed by atoms with van der Waals surface area (Å²) in [6.45, 7) is 6.21. The molecule has 9 heteroatoms. The van der Waals surface area contributed by atoms with Crippen LogP contribution in [0.2, 0.25) is 0 Å². The number of hydrogen-bond donors (Lipinski definition) is 0. The van der Waals surface area contributed by atoms with Crippen LogP contribution in [0.25, 0.3) is 160 Å². The maximum absolute atomic E-state index is 5.50. The molecule has 0 N–H and O–H groups in total. The Morgan fingerprint density at radius 2 is 0.964 bits per heavy atom. The number of benzene rings is 10. The van der Waals surface area contributed by atoms with Gasteiger partial charge in [0.25, 0.3) is 0 Å². The van der Waals surface area contributed by atoms with E-state index in [0.717, 1.165) is 110 Å². The maximum Gasteiger partial charge on any atom is 0.238 e. The molecule has 0 saturated heterocycles. The Hall–Kier alpha value is -11.0. The van der Waals surface area contributed by atoms with Gasteiger partial charge >= 0.3 is 0 Å². The quantitative estimate of drug-likeness (QED) is 0.135. The van der Waals surface area contributed by atoms with Crippen molar-refractivity contribution in [3.63, 3.8) is 0 Å². The molecule has 10 aromatic carbocycles. The number of thiophene rings is 1. The number of para-hydroxylation sites is 5. The molecule has 0 amide bonds. The molecule has 0 fully saturated rings. The highest BCUT2D eigenvalue weighted by atomic mass is 32.1. The van der Waals surface area contributed by atoms with E-state index in [-0.39, 0.29) is 0 Å². The monoisotopic (exact) mass is 1090 g/mol. The molecular weight excluding hydrogens is 1040 g/mol. The number of allylic oxidation sites excluding steroid dienone is 2. The van der Waals surface area contributed by atoms with E-state index in [4.69, 9.17) is 19.9 Å². The van der Waals surface area contributed by atoms with Crippen LogP contribution in [0.4, 0.5) is 0 Å². The van der Waals surface area contributed by atoms with Crippen molar-refractivity contribution in [2.75, 3.05) is 0 Å². The summed E-state index contributed by atoms with van der Waals surface area (Å²) in [6.07, 6.45) is 7.98. The molecule has 7 heterocycles. The molecule has 17 aromatic rings. The fourth-order valence-corrected chi connectivity index (χ4v) is 14.3. The molecule has 394 valence electrons. The molecule has 84 heavy (non-hydrogen) atoms. The first kappa shape index (κ1) is 47.8. The van der Waals surface area contributed by atoms with E-state index in [2.05, 4.69) is 256 Å². The molecule has 7 aromatic heterocycles. The van der Waals surface area contributed by atoms with Crippen molar-refractivity contribution in [2.24, 2.45) is 0 Å². The van der Waals surface area contributed by atoms with Crippen molar-refractivity contribution >= 4 is 114 Å². The third kappa shape index (κ3) is 7.19. The Morgan fingerprint density at radius 1 is 0.393 bits per heavy atom. The average Bonchev–Trinajstić information content (AvgIpc) is 3.83. The molecule has 8 nitrogen and oxygen atoms in total. The molecule has 0 aliphatic heterocycles. The smallest absolute Gasteiger partial charge is 0.238 e. The van der Waals surface area contributed by atoms with Crippen molar-refractivity contribution in [3.8, 4) is 57.0 Å². The molecule has 0 aliphatic rings. The number of aromatic nitrogens is 8. The van der Waals surface area contributed by atoms with E-state index in [9.17, 15) is 0 Å². The summed E-state index contributed by atoms with van der Waals surface area (Å²) >= 11 is 1.80. The van der Waals surface area contributed by atoms with Crippen molar-refractivity contribution in [1.82, 2.24) is 38.2 Å². The van der Waals surface area contributed by atoms with E-state index in [1.54, 1.807) is 11.3 Å². The lowest BCUT2D eigenvalue weighted by Gasteiger charge is -2.14. The van der Waals surface area contributed by atoms with Crippen molar-refractivity contribution in [3.05, 3.63) is 273 Å². The number of rotatable bonds is 9. The van der Waals surface area contributed by atoms with E-state index < -0.39 is 0 Å². The van der Waals surface area contributed by atoms with Crippen LogP contribution in [-0.4, -0.2) is 38.2 Å². The van der Waals surface area contributed by atoms with Crippen LogP contribution in [0, 0.1) is 6.92 Å². The van der Waals surface area contributed by atoms with Gasteiger partial charge < -0.3 is 9.13 Å². The highest BCUT2D eigenvalue weighted by Crippen LogP contribution is 2.44. The normalized spacial score (nSPS) is 12.1. The fourth-order valence-electron chi connectivity index (χ4n) is 13.2. The predicted octanol–water partition coefficient (Wildman–Crippen LogP) is 19.4. The standard InChI is InChI=1S/C75H48N8S/c1-3-4-26-53-46(2)80(51-24-9-6-10-25-51)69-58(53)37-38-59-56-29-13-18-34-66(56)83(70(59)69)75-78-72(47-20-7-5-8-21-47)77-73(79-75)50-23-19-22-48(43-50)49-35-39-67-61(44-49)57-30-14-17-33-65(57)82(67)74-71-60(41-42-76-74)62-45-52(36-40-68(62)84-71)81-63-31-15-11-27-54(63)55-28-12-16-32-64(55)81/h3-45H,1H2,2H3/b26-4-. The number of nitrogens with zero attached hydrogens (tertiary/aromatic N) is 8. The van der Waals surface area contributed by atoms with Gasteiger partial charge in [-0.15, -0.1) is 11.3 Å². The van der Waals surface area contributed by atoms with E-state index >= 15 is 0 Å². The molecule has 0 saturated carbocycles. The fraction of sp³-hybridized carbons (Fsp3) is 0.0133. The van der Waals surface area contributed by atoms with Gasteiger partial charge in [0.15, 0.2) is 17.5 Å². The molecule has 17 rings (SSSR count). The lowest BCUT2D eigenvalue weighted by Crippen LogP contribution is -2.07. The summed E-state index contributed by atoms with van der Waals surface area (Å²) in [5, 5.41) is 10.6. The van der Waals surface area contributed by atoms with Gasteiger partial charge in [-0.1, -0.05) is 183 Å². The second-order valence-electron chi connectivity index (χ2n) is 21.5. The highest BCUT2D eigenvalue weighted by molar-refractivity contribution is 7.26. The van der Waals surface area contributed by atoms with Gasteiger partial charge in [-0.2, -0.15) is 9.97 Å². The lowest BCUT2D eigenvalue weighted by molar-refractivity contribution is 0.951. The second-order valence-corrected chi connectivity index (χ2v) is 22.5. The molecule has 0 aliphatic carbocycles. The molecule has 0 unspecified atom stereocenters. The van der Waals surface area contributed by atoms with Crippen LogP contribution in [-0.2, 0) is 0 Å². The first-order valence-corrected chi connectivity index (χ1v) is 29.1. The molecule has 0 spiro atoms. The Morgan fingerprint density at radius 3 is 1.69 bits per heavy atom. The zero-order chi connectivity index (χ0) is 55.6. The van der Waals surface area contributed by atoms with Crippen molar-refractivity contribution in [1.29, 1.82) is 0 Å². The van der Waals surface area contributed by atoms with Gasteiger partial charge in [0, 0.05) is 93.1 Å². The maximum atomic E-state index is 5.50. The lowest BCUT2D eigenvalue weighted by atomic mass is 10.0. The van der Waals surface area contributed by atoms with Gasteiger partial charge in [-0.3, -0.25) is 9.13 Å². The Balaban J connectivity index is 0.819. The van der Waals surface area contributed by atoms with E-state index in [1.807, 2.05) is 36.5 Å². The van der Waals surface area contributed by atoms with Crippen LogP contribution in [0.15, 0.2) is 262 Å². The van der Waals surface area contributed by atoms with Gasteiger partial charge in [0.05, 0.1) is 43.3 Å². The van der Waals surface area contributed by atoms with E-state index in [0.29, 0.717) is 17.6 Å². The van der Waals surface area contributed by atoms with Crippen molar-refractivity contribution < 1.29 is 0 Å². The summed E-state index contributed by atoms with van der Waals surface area (Å²) in [6, 6.07) is 84.5. The van der Waals surface area contributed by atoms with Crippen LogP contribution in [0.5, 0.6) is 0 Å². The Kier molecular flexibility index (Phi) is 10.7. The van der Waals surface area contributed by atoms with Gasteiger partial charge in [-0.25, -0.2) is 9.97 Å². The van der Waals surface area contributed by atoms with E-state index in [1.165, 1.54) is 37.3 Å². The third-order valence-electron chi connectivity index (χ3n) is 16.8. The zero-order valence-electron chi connectivity index (χ0n) is 45.5. The van der Waals surface area contributed by atoms with Crippen LogP contribution >= 0.6 is 11.3 Å². The summed E-state index contributed by atoms with van der Waals surface area (Å²) in [5.41, 5.74) is 16.0.